The van der Waals surface area contributed by atoms with Crippen molar-refractivity contribution in [1.29, 1.82) is 0 Å². The summed E-state index contributed by atoms with van der Waals surface area (Å²) in [5, 5.41) is 0. The molecular weight excluding hydrogens is 386 g/mol. The van der Waals surface area contributed by atoms with Crippen LogP contribution < -0.4 is 9.47 Å². The third-order valence-electron chi connectivity index (χ3n) is 3.51. The van der Waals surface area contributed by atoms with Crippen molar-refractivity contribution in [3.63, 3.8) is 0 Å². The van der Waals surface area contributed by atoms with Gasteiger partial charge in [0.15, 0.2) is 23.1 Å². The second-order valence-corrected chi connectivity index (χ2v) is 6.21. The summed E-state index contributed by atoms with van der Waals surface area (Å²) in [4.78, 5) is 15.7. The van der Waals surface area contributed by atoms with Crippen LogP contribution in [0.3, 0.4) is 0 Å². The number of halogens is 1. The van der Waals surface area contributed by atoms with Crippen LogP contribution in [0, 0.1) is 0 Å². The maximum Gasteiger partial charge on any atom is 0.363 e. The minimum absolute atomic E-state index is 0.254. The minimum atomic E-state index is -0.461. The Labute approximate surface area is 154 Å². The van der Waals surface area contributed by atoms with E-state index in [9.17, 15) is 4.79 Å². The van der Waals surface area contributed by atoms with Crippen LogP contribution in [0.15, 0.2) is 57.6 Å². The van der Waals surface area contributed by atoms with Gasteiger partial charge in [-0.15, -0.1) is 0 Å². The zero-order valence-electron chi connectivity index (χ0n) is 13.8. The average molecular weight is 402 g/mol. The van der Waals surface area contributed by atoms with Crippen LogP contribution in [0.1, 0.15) is 18.1 Å². The van der Waals surface area contributed by atoms with E-state index in [0.29, 0.717) is 24.0 Å². The largest absolute Gasteiger partial charge is 0.493 e. The maximum absolute atomic E-state index is 11.7. The summed E-state index contributed by atoms with van der Waals surface area (Å²) in [6.07, 6.45) is 1.65. The molecule has 1 aliphatic heterocycles. The van der Waals surface area contributed by atoms with E-state index in [-0.39, 0.29) is 5.70 Å². The van der Waals surface area contributed by atoms with Crippen LogP contribution in [0.25, 0.3) is 6.08 Å². The molecule has 0 unspecified atom stereocenters. The van der Waals surface area contributed by atoms with Crippen molar-refractivity contribution in [3.8, 4) is 11.5 Å². The zero-order valence-corrected chi connectivity index (χ0v) is 15.4. The van der Waals surface area contributed by atoms with Crippen LogP contribution in [0.5, 0.6) is 11.5 Å². The summed E-state index contributed by atoms with van der Waals surface area (Å²) in [5.74, 6) is 1.04. The molecule has 5 nitrogen and oxygen atoms in total. The number of methoxy groups -OCH3 is 1. The van der Waals surface area contributed by atoms with Gasteiger partial charge in [-0.05, 0) is 45.3 Å². The molecule has 0 N–H and O–H groups in total. The lowest BCUT2D eigenvalue weighted by molar-refractivity contribution is -0.130. The van der Waals surface area contributed by atoms with E-state index >= 15 is 0 Å². The first kappa shape index (κ1) is 17.2. The van der Waals surface area contributed by atoms with Crippen LogP contribution >= 0.6 is 15.9 Å². The van der Waals surface area contributed by atoms with Gasteiger partial charge in [0.2, 0.25) is 0 Å². The van der Waals surface area contributed by atoms with Gasteiger partial charge in [0.05, 0.1) is 11.6 Å². The summed E-state index contributed by atoms with van der Waals surface area (Å²) in [7, 11) is 1.57. The number of carbonyl (C=O) groups is 1. The number of carbonyl (C=O) groups excluding carboxylic acids is 1. The van der Waals surface area contributed by atoms with Crippen molar-refractivity contribution in [3.05, 3.63) is 63.8 Å². The minimum Gasteiger partial charge on any atom is -0.493 e. The van der Waals surface area contributed by atoms with Crippen molar-refractivity contribution in [2.24, 2.45) is 4.99 Å². The topological polar surface area (TPSA) is 57.1 Å². The van der Waals surface area contributed by atoms with Crippen LogP contribution in [-0.4, -0.2) is 19.0 Å². The molecule has 0 aromatic heterocycles. The molecule has 2 aromatic carbocycles. The fourth-order valence-electron chi connectivity index (χ4n) is 2.37. The number of ether oxygens (including phenoxy) is 3. The fourth-order valence-corrected chi connectivity index (χ4v) is 2.94. The average Bonchev–Trinajstić information content (AvgIpc) is 2.91. The highest BCUT2D eigenvalue weighted by molar-refractivity contribution is 9.10. The molecule has 0 spiro atoms. The van der Waals surface area contributed by atoms with Gasteiger partial charge >= 0.3 is 5.97 Å². The zero-order chi connectivity index (χ0) is 17.8. The van der Waals surface area contributed by atoms with Gasteiger partial charge in [-0.25, -0.2) is 9.79 Å². The number of hydrogen-bond donors (Lipinski definition) is 0. The highest BCUT2D eigenvalue weighted by atomic mass is 79.9. The van der Waals surface area contributed by atoms with Gasteiger partial charge in [0, 0.05) is 6.92 Å². The first-order chi connectivity index (χ1) is 12.1. The Morgan fingerprint density at radius 3 is 2.64 bits per heavy atom. The molecule has 0 radical (unpaired) electrons. The van der Waals surface area contributed by atoms with E-state index in [1.165, 1.54) is 0 Å². The number of hydrogen-bond acceptors (Lipinski definition) is 5. The summed E-state index contributed by atoms with van der Waals surface area (Å²) >= 11 is 3.50. The lowest BCUT2D eigenvalue weighted by Gasteiger charge is -2.13. The van der Waals surface area contributed by atoms with Crippen molar-refractivity contribution in [2.75, 3.05) is 7.11 Å². The fraction of sp³-hybridized carbons (Fsp3) is 0.158. The monoisotopic (exact) mass is 401 g/mol. The lowest BCUT2D eigenvalue weighted by Crippen LogP contribution is -2.00. The second kappa shape index (κ2) is 7.53. The molecule has 0 bridgehead atoms. The van der Waals surface area contributed by atoms with Crippen molar-refractivity contribution < 1.29 is 19.0 Å². The Bertz CT molecular complexity index is 859. The standard InChI is InChI=1S/C19H16BrNO4/c1-12-21-16(19(22)25-12)9-14-8-15(20)18(17(10-14)23-2)24-11-13-6-4-3-5-7-13/h3-10H,11H2,1-2H3/b16-9-. The quantitative estimate of drug-likeness (QED) is 0.551. The molecule has 0 saturated carbocycles. The second-order valence-electron chi connectivity index (χ2n) is 5.36. The molecule has 1 aliphatic rings. The Morgan fingerprint density at radius 2 is 2.00 bits per heavy atom. The molecule has 0 atom stereocenters. The molecule has 2 aromatic rings. The van der Waals surface area contributed by atoms with Crippen LogP contribution in [-0.2, 0) is 16.1 Å². The number of nitrogens with zero attached hydrogens (tertiary/aromatic N) is 1. The van der Waals surface area contributed by atoms with Crippen LogP contribution in [0.4, 0.5) is 0 Å². The number of cyclic esters (lactones) is 1. The first-order valence-electron chi connectivity index (χ1n) is 7.60. The Kier molecular flexibility index (Phi) is 5.19. The summed E-state index contributed by atoms with van der Waals surface area (Å²) < 4.78 is 17.0. The van der Waals surface area contributed by atoms with Gasteiger partial charge < -0.3 is 14.2 Å². The highest BCUT2D eigenvalue weighted by Crippen LogP contribution is 2.38. The molecule has 1 heterocycles. The molecule has 0 saturated heterocycles. The molecule has 6 heteroatoms. The molecular formula is C19H16BrNO4. The van der Waals surface area contributed by atoms with Gasteiger partial charge in [0.1, 0.15) is 6.61 Å². The smallest absolute Gasteiger partial charge is 0.363 e. The van der Waals surface area contributed by atoms with Crippen molar-refractivity contribution in [1.82, 2.24) is 0 Å². The van der Waals surface area contributed by atoms with Crippen LogP contribution in [0.2, 0.25) is 0 Å². The van der Waals surface area contributed by atoms with E-state index < -0.39 is 5.97 Å². The summed E-state index contributed by atoms with van der Waals surface area (Å²) in [6, 6.07) is 13.5. The molecule has 0 aliphatic carbocycles. The maximum atomic E-state index is 11.7. The predicted molar refractivity (Wildman–Crippen MR) is 98.6 cm³/mol. The molecule has 3 rings (SSSR count). The molecule has 0 amide bonds. The SMILES string of the molecule is COc1cc(/C=C2\N=C(C)OC2=O)cc(Br)c1OCc1ccccc1. The predicted octanol–water partition coefficient (Wildman–Crippen LogP) is 4.35. The number of esters is 1. The van der Waals surface area contributed by atoms with E-state index in [4.69, 9.17) is 14.2 Å². The summed E-state index contributed by atoms with van der Waals surface area (Å²) in [6.45, 7) is 2.06. The third kappa shape index (κ3) is 4.09. The van der Waals surface area contributed by atoms with Gasteiger partial charge in [-0.3, -0.25) is 0 Å². The van der Waals surface area contributed by atoms with Gasteiger partial charge in [0.25, 0.3) is 0 Å². The number of aliphatic imine (C=N–C) groups is 1. The Hall–Kier alpha value is -2.60. The Morgan fingerprint density at radius 1 is 1.24 bits per heavy atom. The van der Waals surface area contributed by atoms with E-state index in [1.54, 1.807) is 26.2 Å². The van der Waals surface area contributed by atoms with E-state index in [0.717, 1.165) is 15.6 Å². The molecule has 0 fully saturated rings. The molecule has 25 heavy (non-hydrogen) atoms. The third-order valence-corrected chi connectivity index (χ3v) is 4.10. The van der Waals surface area contributed by atoms with Crippen molar-refractivity contribution in [2.45, 2.75) is 13.5 Å². The lowest BCUT2D eigenvalue weighted by atomic mass is 10.1. The molecule has 128 valence electrons. The normalized spacial score (nSPS) is 15.1. The van der Waals surface area contributed by atoms with E-state index in [1.807, 2.05) is 36.4 Å². The number of benzene rings is 2. The first-order valence-corrected chi connectivity index (χ1v) is 8.39. The number of rotatable bonds is 5. The Balaban J connectivity index is 1.86. The van der Waals surface area contributed by atoms with Gasteiger partial charge in [-0.1, -0.05) is 30.3 Å². The van der Waals surface area contributed by atoms with Crippen molar-refractivity contribution >= 4 is 33.9 Å². The van der Waals surface area contributed by atoms with E-state index in [2.05, 4.69) is 20.9 Å². The highest BCUT2D eigenvalue weighted by Gasteiger charge is 2.20. The van der Waals surface area contributed by atoms with Gasteiger partial charge in [-0.2, -0.15) is 0 Å². The summed E-state index contributed by atoms with van der Waals surface area (Å²) in [5.41, 5.74) is 2.06.